The van der Waals surface area contributed by atoms with Gasteiger partial charge >= 0.3 is 6.18 Å². The Bertz CT molecular complexity index is 557. The Kier molecular flexibility index (Phi) is 6.48. The number of benzene rings is 1. The molecule has 1 fully saturated rings. The summed E-state index contributed by atoms with van der Waals surface area (Å²) in [6.07, 6.45) is -1.98. The third kappa shape index (κ3) is 5.40. The van der Waals surface area contributed by atoms with Crippen molar-refractivity contribution in [2.45, 2.75) is 38.5 Å². The average molecular weight is 342 g/mol. The predicted octanol–water partition coefficient (Wildman–Crippen LogP) is 2.85. The molecule has 1 saturated heterocycles. The van der Waals surface area contributed by atoms with Crippen LogP contribution < -0.4 is 10.6 Å². The van der Waals surface area contributed by atoms with Gasteiger partial charge in [-0.25, -0.2) is 4.99 Å². The van der Waals surface area contributed by atoms with Crippen molar-refractivity contribution in [1.82, 2.24) is 15.5 Å². The molecule has 0 aromatic heterocycles. The van der Waals surface area contributed by atoms with Gasteiger partial charge in [0.15, 0.2) is 5.96 Å². The van der Waals surface area contributed by atoms with Crippen LogP contribution in [0.5, 0.6) is 0 Å². The summed E-state index contributed by atoms with van der Waals surface area (Å²) in [5, 5.41) is 6.42. The highest BCUT2D eigenvalue weighted by atomic mass is 19.4. The monoisotopic (exact) mass is 342 g/mol. The predicted molar refractivity (Wildman–Crippen MR) is 89.9 cm³/mol. The van der Waals surface area contributed by atoms with E-state index in [0.29, 0.717) is 24.1 Å². The molecule has 0 aliphatic carbocycles. The first kappa shape index (κ1) is 18.6. The first-order valence-electron chi connectivity index (χ1n) is 8.28. The van der Waals surface area contributed by atoms with E-state index in [1.54, 1.807) is 6.07 Å². The van der Waals surface area contributed by atoms with Gasteiger partial charge in [0, 0.05) is 19.1 Å². The Hall–Kier alpha value is -1.76. The maximum absolute atomic E-state index is 12.8. The normalized spacial score (nSPS) is 19.5. The van der Waals surface area contributed by atoms with Gasteiger partial charge < -0.3 is 15.5 Å². The van der Waals surface area contributed by atoms with Crippen LogP contribution >= 0.6 is 0 Å². The fourth-order valence-electron chi connectivity index (χ4n) is 2.81. The number of aliphatic imine (C=N–C) groups is 1. The number of alkyl halides is 3. The molecule has 1 aromatic carbocycles. The minimum absolute atomic E-state index is 0.208. The van der Waals surface area contributed by atoms with Gasteiger partial charge in [-0.3, -0.25) is 0 Å². The van der Waals surface area contributed by atoms with Crippen molar-refractivity contribution in [2.24, 2.45) is 4.99 Å². The van der Waals surface area contributed by atoms with Gasteiger partial charge in [-0.05, 0) is 51.1 Å². The summed E-state index contributed by atoms with van der Waals surface area (Å²) in [5.41, 5.74) is -0.0965. The van der Waals surface area contributed by atoms with Crippen LogP contribution in [-0.2, 0) is 12.7 Å². The number of nitrogens with zero attached hydrogens (tertiary/aromatic N) is 2. The SMILES string of the molecule is CCNC(=NCc1cccc(C(F)(F)F)c1)NCC1CCCN1C. The minimum Gasteiger partial charge on any atom is -0.357 e. The Labute approximate surface area is 141 Å². The molecule has 2 rings (SSSR count). The van der Waals surface area contributed by atoms with Gasteiger partial charge in [-0.1, -0.05) is 12.1 Å². The molecule has 0 amide bonds. The van der Waals surface area contributed by atoms with Crippen LogP contribution in [0.2, 0.25) is 0 Å². The summed E-state index contributed by atoms with van der Waals surface area (Å²) < 4.78 is 38.3. The van der Waals surface area contributed by atoms with Crippen LogP contribution in [0.15, 0.2) is 29.3 Å². The molecule has 7 heteroatoms. The zero-order chi connectivity index (χ0) is 17.6. The summed E-state index contributed by atoms with van der Waals surface area (Å²) in [6.45, 7) is 4.76. The Balaban J connectivity index is 1.97. The largest absolute Gasteiger partial charge is 0.416 e. The first-order chi connectivity index (χ1) is 11.4. The second kappa shape index (κ2) is 8.37. The quantitative estimate of drug-likeness (QED) is 0.638. The summed E-state index contributed by atoms with van der Waals surface area (Å²) >= 11 is 0. The summed E-state index contributed by atoms with van der Waals surface area (Å²) in [4.78, 5) is 6.71. The molecule has 1 atom stereocenters. The van der Waals surface area contributed by atoms with Gasteiger partial charge in [0.1, 0.15) is 0 Å². The van der Waals surface area contributed by atoms with Gasteiger partial charge in [0.05, 0.1) is 12.1 Å². The second-order valence-electron chi connectivity index (χ2n) is 6.05. The van der Waals surface area contributed by atoms with Crippen LogP contribution in [0, 0.1) is 0 Å². The molecule has 0 radical (unpaired) electrons. The van der Waals surface area contributed by atoms with E-state index in [-0.39, 0.29) is 6.54 Å². The molecule has 1 aromatic rings. The van der Waals surface area contributed by atoms with Crippen molar-refractivity contribution in [2.75, 3.05) is 26.7 Å². The van der Waals surface area contributed by atoms with E-state index in [4.69, 9.17) is 0 Å². The van der Waals surface area contributed by atoms with E-state index in [9.17, 15) is 13.2 Å². The van der Waals surface area contributed by atoms with Gasteiger partial charge in [0.25, 0.3) is 0 Å². The van der Waals surface area contributed by atoms with Crippen molar-refractivity contribution in [3.8, 4) is 0 Å². The molecule has 4 nitrogen and oxygen atoms in total. The molecule has 24 heavy (non-hydrogen) atoms. The molecule has 0 spiro atoms. The van der Waals surface area contributed by atoms with Crippen molar-refractivity contribution in [3.05, 3.63) is 35.4 Å². The van der Waals surface area contributed by atoms with E-state index in [0.717, 1.165) is 31.6 Å². The molecule has 1 unspecified atom stereocenters. The highest BCUT2D eigenvalue weighted by Crippen LogP contribution is 2.29. The molecule has 0 saturated carbocycles. The lowest BCUT2D eigenvalue weighted by molar-refractivity contribution is -0.137. The molecule has 1 aliphatic rings. The number of guanidine groups is 1. The van der Waals surface area contributed by atoms with Gasteiger partial charge in [-0.15, -0.1) is 0 Å². The molecular formula is C17H25F3N4. The standard InChI is InChI=1S/C17H25F3N4/c1-3-21-16(23-12-15-8-5-9-24(15)2)22-11-13-6-4-7-14(10-13)17(18,19)20/h4,6-7,10,15H,3,5,8-9,11-12H2,1-2H3,(H2,21,22,23). The smallest absolute Gasteiger partial charge is 0.357 e. The Morgan fingerprint density at radius 2 is 2.12 bits per heavy atom. The van der Waals surface area contributed by atoms with Crippen LogP contribution in [0.25, 0.3) is 0 Å². The van der Waals surface area contributed by atoms with Crippen LogP contribution in [0.3, 0.4) is 0 Å². The fraction of sp³-hybridized carbons (Fsp3) is 0.588. The number of halogens is 3. The van der Waals surface area contributed by atoms with Crippen molar-refractivity contribution in [3.63, 3.8) is 0 Å². The minimum atomic E-state index is -4.32. The van der Waals surface area contributed by atoms with E-state index in [1.165, 1.54) is 12.5 Å². The number of rotatable bonds is 5. The number of hydrogen-bond acceptors (Lipinski definition) is 2. The van der Waals surface area contributed by atoms with E-state index in [2.05, 4.69) is 27.6 Å². The molecular weight excluding hydrogens is 317 g/mol. The number of nitrogens with one attached hydrogen (secondary N) is 2. The Morgan fingerprint density at radius 1 is 1.33 bits per heavy atom. The van der Waals surface area contributed by atoms with Crippen molar-refractivity contribution >= 4 is 5.96 Å². The summed E-state index contributed by atoms with van der Waals surface area (Å²) in [6, 6.07) is 5.78. The van der Waals surface area contributed by atoms with E-state index < -0.39 is 11.7 Å². The van der Waals surface area contributed by atoms with Gasteiger partial charge in [-0.2, -0.15) is 13.2 Å². The van der Waals surface area contributed by atoms with Crippen LogP contribution in [-0.4, -0.2) is 43.6 Å². The number of hydrogen-bond donors (Lipinski definition) is 2. The van der Waals surface area contributed by atoms with Crippen LogP contribution in [0.4, 0.5) is 13.2 Å². The fourth-order valence-corrected chi connectivity index (χ4v) is 2.81. The highest BCUT2D eigenvalue weighted by molar-refractivity contribution is 5.79. The third-order valence-electron chi connectivity index (χ3n) is 4.19. The van der Waals surface area contributed by atoms with Crippen molar-refractivity contribution < 1.29 is 13.2 Å². The lowest BCUT2D eigenvalue weighted by Crippen LogP contribution is -2.44. The third-order valence-corrected chi connectivity index (χ3v) is 4.19. The zero-order valence-corrected chi connectivity index (χ0v) is 14.2. The Morgan fingerprint density at radius 3 is 2.75 bits per heavy atom. The topological polar surface area (TPSA) is 39.7 Å². The first-order valence-corrected chi connectivity index (χ1v) is 8.28. The zero-order valence-electron chi connectivity index (χ0n) is 14.2. The number of likely N-dealkylation sites (N-methyl/N-ethyl adjacent to an activating group) is 1. The lowest BCUT2D eigenvalue weighted by atomic mass is 10.1. The highest BCUT2D eigenvalue weighted by Gasteiger charge is 2.30. The average Bonchev–Trinajstić information content (AvgIpc) is 2.95. The maximum Gasteiger partial charge on any atom is 0.416 e. The van der Waals surface area contributed by atoms with Crippen LogP contribution in [0.1, 0.15) is 30.9 Å². The van der Waals surface area contributed by atoms with Gasteiger partial charge in [0.2, 0.25) is 0 Å². The summed E-state index contributed by atoms with van der Waals surface area (Å²) in [5.74, 6) is 0.634. The molecule has 2 N–H and O–H groups in total. The molecule has 134 valence electrons. The van der Waals surface area contributed by atoms with E-state index >= 15 is 0 Å². The lowest BCUT2D eigenvalue weighted by Gasteiger charge is -2.21. The number of likely N-dealkylation sites (tertiary alicyclic amines) is 1. The maximum atomic E-state index is 12.8. The van der Waals surface area contributed by atoms with Crippen molar-refractivity contribution in [1.29, 1.82) is 0 Å². The molecule has 0 bridgehead atoms. The summed E-state index contributed by atoms with van der Waals surface area (Å²) in [7, 11) is 2.10. The van der Waals surface area contributed by atoms with E-state index in [1.807, 2.05) is 6.92 Å². The molecule has 1 heterocycles. The second-order valence-corrected chi connectivity index (χ2v) is 6.05. The molecule has 1 aliphatic heterocycles.